The number of nitrogens with zero attached hydrogens (tertiary/aromatic N) is 1. The highest BCUT2D eigenvalue weighted by atomic mass is 35.5. The average Bonchev–Trinajstić information content (AvgIpc) is 2.73. The van der Waals surface area contributed by atoms with E-state index in [9.17, 15) is 4.39 Å². The van der Waals surface area contributed by atoms with Crippen molar-refractivity contribution in [2.75, 3.05) is 5.32 Å². The number of imidazole rings is 1. The minimum atomic E-state index is -0.376. The zero-order chi connectivity index (χ0) is 14.5. The third-order valence-electron chi connectivity index (χ3n) is 2.88. The Kier molecular flexibility index (Phi) is 5.26. The van der Waals surface area contributed by atoms with Gasteiger partial charge in [-0.15, -0.1) is 0 Å². The van der Waals surface area contributed by atoms with Gasteiger partial charge in [0.2, 0.25) is 0 Å². The second-order valence-electron chi connectivity index (χ2n) is 4.57. The zero-order valence-corrected chi connectivity index (χ0v) is 12.7. The van der Waals surface area contributed by atoms with Gasteiger partial charge in [0.05, 0.1) is 12.2 Å². The van der Waals surface area contributed by atoms with Crippen molar-refractivity contribution in [1.82, 2.24) is 9.97 Å². The van der Waals surface area contributed by atoms with E-state index in [0.29, 0.717) is 22.4 Å². The molecule has 0 aliphatic rings. The second kappa shape index (κ2) is 6.95. The van der Waals surface area contributed by atoms with E-state index in [0.717, 1.165) is 30.8 Å². The Bertz CT molecular complexity index is 564. The van der Waals surface area contributed by atoms with Crippen molar-refractivity contribution in [2.45, 2.75) is 32.7 Å². The Hall–Kier alpha value is -1.26. The van der Waals surface area contributed by atoms with Crippen molar-refractivity contribution in [1.29, 1.82) is 0 Å². The lowest BCUT2D eigenvalue weighted by atomic mass is 10.2. The molecule has 2 rings (SSSR count). The minimum Gasteiger partial charge on any atom is -0.379 e. The number of nitrogens with one attached hydrogen (secondary N) is 2. The first-order valence-electron chi connectivity index (χ1n) is 6.51. The third-order valence-corrected chi connectivity index (χ3v) is 3.41. The summed E-state index contributed by atoms with van der Waals surface area (Å²) in [6, 6.07) is 4.31. The maximum absolute atomic E-state index is 13.2. The van der Waals surface area contributed by atoms with Gasteiger partial charge in [-0.1, -0.05) is 36.5 Å². The van der Waals surface area contributed by atoms with Crippen molar-refractivity contribution < 1.29 is 4.39 Å². The van der Waals surface area contributed by atoms with E-state index in [1.54, 1.807) is 6.07 Å². The van der Waals surface area contributed by atoms with Crippen molar-refractivity contribution in [3.63, 3.8) is 0 Å². The number of rotatable bonds is 6. The largest absolute Gasteiger partial charge is 0.379 e. The summed E-state index contributed by atoms with van der Waals surface area (Å²) in [4.78, 5) is 7.45. The van der Waals surface area contributed by atoms with Gasteiger partial charge >= 0.3 is 0 Å². The highest BCUT2D eigenvalue weighted by molar-refractivity contribution is 6.31. The van der Waals surface area contributed by atoms with Crippen molar-refractivity contribution in [3.05, 3.63) is 45.7 Å². The molecule has 0 radical (unpaired) electrons. The van der Waals surface area contributed by atoms with Crippen LogP contribution in [0.2, 0.25) is 10.2 Å². The van der Waals surface area contributed by atoms with Gasteiger partial charge in [-0.3, -0.25) is 0 Å². The van der Waals surface area contributed by atoms with Gasteiger partial charge in [0.1, 0.15) is 11.6 Å². The highest BCUT2D eigenvalue weighted by Gasteiger charge is 2.08. The van der Waals surface area contributed by atoms with Crippen molar-refractivity contribution in [2.24, 2.45) is 0 Å². The molecule has 0 saturated carbocycles. The summed E-state index contributed by atoms with van der Waals surface area (Å²) in [6.07, 6.45) is 3.05. The van der Waals surface area contributed by atoms with Crippen LogP contribution in [0.25, 0.3) is 0 Å². The van der Waals surface area contributed by atoms with Gasteiger partial charge in [-0.2, -0.15) is 0 Å². The number of anilines is 1. The first kappa shape index (κ1) is 15.1. The Morgan fingerprint density at radius 2 is 2.10 bits per heavy atom. The topological polar surface area (TPSA) is 40.7 Å². The van der Waals surface area contributed by atoms with Gasteiger partial charge in [0, 0.05) is 17.1 Å². The number of H-pyrrole nitrogens is 1. The Morgan fingerprint density at radius 3 is 2.80 bits per heavy atom. The van der Waals surface area contributed by atoms with Gasteiger partial charge in [-0.25, -0.2) is 9.37 Å². The van der Waals surface area contributed by atoms with E-state index < -0.39 is 0 Å². The lowest BCUT2D eigenvalue weighted by Crippen LogP contribution is -2.01. The number of aryl methyl sites for hydroxylation is 1. The summed E-state index contributed by atoms with van der Waals surface area (Å²) in [5.41, 5.74) is 1.40. The molecule has 3 nitrogen and oxygen atoms in total. The molecule has 0 unspecified atom stereocenters. The predicted octanol–water partition coefficient (Wildman–Crippen LogP) is 4.81. The molecule has 0 saturated heterocycles. The molecule has 0 amide bonds. The number of hydrogen-bond donors (Lipinski definition) is 2. The summed E-state index contributed by atoms with van der Waals surface area (Å²) in [6.45, 7) is 2.57. The van der Waals surface area contributed by atoms with Crippen LogP contribution in [0, 0.1) is 5.82 Å². The maximum Gasteiger partial charge on any atom is 0.152 e. The average molecular weight is 316 g/mol. The van der Waals surface area contributed by atoms with Crippen molar-refractivity contribution >= 4 is 28.9 Å². The first-order valence-corrected chi connectivity index (χ1v) is 7.27. The number of aromatic nitrogens is 2. The summed E-state index contributed by atoms with van der Waals surface area (Å²) >= 11 is 11.9. The Morgan fingerprint density at radius 1 is 1.30 bits per heavy atom. The molecule has 0 bridgehead atoms. The predicted molar refractivity (Wildman–Crippen MR) is 80.9 cm³/mol. The number of benzene rings is 1. The molecule has 0 spiro atoms. The molecule has 1 aromatic carbocycles. The first-order chi connectivity index (χ1) is 9.58. The van der Waals surface area contributed by atoms with Gasteiger partial charge < -0.3 is 10.3 Å². The second-order valence-corrected chi connectivity index (χ2v) is 5.36. The number of unbranched alkanes of at least 4 members (excludes halogenated alkanes) is 1. The smallest absolute Gasteiger partial charge is 0.152 e. The molecule has 108 valence electrons. The molecular weight excluding hydrogens is 300 g/mol. The molecular formula is C14H16Cl2FN3. The normalized spacial score (nSPS) is 10.8. The fraction of sp³-hybridized carbons (Fsp3) is 0.357. The van der Waals surface area contributed by atoms with Crippen LogP contribution in [0.3, 0.4) is 0 Å². The van der Waals surface area contributed by atoms with Crippen LogP contribution in [0.1, 0.15) is 31.3 Å². The lowest BCUT2D eigenvalue weighted by Gasteiger charge is -2.06. The van der Waals surface area contributed by atoms with Crippen LogP contribution in [-0.2, 0) is 13.0 Å². The van der Waals surface area contributed by atoms with Gasteiger partial charge in [0.15, 0.2) is 5.15 Å². The van der Waals surface area contributed by atoms with Gasteiger partial charge in [0.25, 0.3) is 0 Å². The van der Waals surface area contributed by atoms with Crippen LogP contribution < -0.4 is 5.32 Å². The molecule has 0 aliphatic heterocycles. The molecule has 0 fully saturated rings. The molecule has 1 aromatic heterocycles. The van der Waals surface area contributed by atoms with Crippen LogP contribution in [0.5, 0.6) is 0 Å². The molecule has 0 atom stereocenters. The Balaban J connectivity index is 2.01. The van der Waals surface area contributed by atoms with Crippen LogP contribution in [-0.4, -0.2) is 9.97 Å². The number of hydrogen-bond acceptors (Lipinski definition) is 2. The van der Waals surface area contributed by atoms with E-state index in [4.69, 9.17) is 23.2 Å². The van der Waals surface area contributed by atoms with Crippen LogP contribution in [0.4, 0.5) is 10.1 Å². The highest BCUT2D eigenvalue weighted by Crippen LogP contribution is 2.20. The van der Waals surface area contributed by atoms with E-state index in [2.05, 4.69) is 22.2 Å². The summed E-state index contributed by atoms with van der Waals surface area (Å²) in [5.74, 6) is 0.505. The summed E-state index contributed by atoms with van der Waals surface area (Å²) in [7, 11) is 0. The lowest BCUT2D eigenvalue weighted by molar-refractivity contribution is 0.628. The monoisotopic (exact) mass is 315 g/mol. The minimum absolute atomic E-state index is 0.354. The summed E-state index contributed by atoms with van der Waals surface area (Å²) in [5, 5.41) is 3.88. The molecule has 6 heteroatoms. The summed E-state index contributed by atoms with van der Waals surface area (Å²) < 4.78 is 13.2. The van der Waals surface area contributed by atoms with E-state index in [1.807, 2.05) is 0 Å². The maximum atomic E-state index is 13.2. The fourth-order valence-electron chi connectivity index (χ4n) is 1.87. The SMILES string of the molecule is CCCCc1nc(Cl)c(CNc2cc(F)cc(Cl)c2)[nH]1. The molecule has 1 heterocycles. The number of halogens is 3. The van der Waals surface area contributed by atoms with Crippen LogP contribution >= 0.6 is 23.2 Å². The van der Waals surface area contributed by atoms with Crippen LogP contribution in [0.15, 0.2) is 18.2 Å². The molecule has 20 heavy (non-hydrogen) atoms. The van der Waals surface area contributed by atoms with E-state index >= 15 is 0 Å². The standard InChI is InChI=1S/C14H16Cl2FN3/c1-2-3-4-13-19-12(14(16)20-13)8-18-11-6-9(15)5-10(17)7-11/h5-7,18H,2-4,8H2,1H3,(H,19,20). The van der Waals surface area contributed by atoms with Crippen molar-refractivity contribution in [3.8, 4) is 0 Å². The quantitative estimate of drug-likeness (QED) is 0.803. The molecule has 2 aromatic rings. The zero-order valence-electron chi connectivity index (χ0n) is 11.1. The van der Waals surface area contributed by atoms with E-state index in [-0.39, 0.29) is 5.82 Å². The Labute approximate surface area is 127 Å². The fourth-order valence-corrected chi connectivity index (χ4v) is 2.30. The van der Waals surface area contributed by atoms with E-state index in [1.165, 1.54) is 12.1 Å². The van der Waals surface area contributed by atoms with Gasteiger partial charge in [-0.05, 0) is 24.6 Å². The molecule has 0 aliphatic carbocycles. The third kappa shape index (κ3) is 4.12. The molecule has 2 N–H and O–H groups in total. The number of aromatic amines is 1.